The molecule has 0 N–H and O–H groups in total. The molecule has 0 spiro atoms. The molecule has 0 aromatic heterocycles. The van der Waals surface area contributed by atoms with E-state index >= 15 is 0 Å². The standard InChI is InChI=1S/C22H24FNO3/c1-26-21-13-19-17(12-20(21)24-5-7-27-8-6-24)11-18(22(19)25)10-15-3-2-4-16(9-15)14-23/h2-4,9,12-13,18H,5-8,10-11,14H2,1H3. The predicted molar refractivity (Wildman–Crippen MR) is 103 cm³/mol. The molecular formula is C22H24FNO3. The van der Waals surface area contributed by atoms with Crippen molar-refractivity contribution in [2.75, 3.05) is 38.3 Å². The Morgan fingerprint density at radius 1 is 1.19 bits per heavy atom. The van der Waals surface area contributed by atoms with E-state index in [4.69, 9.17) is 9.47 Å². The number of halogens is 1. The smallest absolute Gasteiger partial charge is 0.167 e. The average Bonchev–Trinajstić information content (AvgIpc) is 3.02. The van der Waals surface area contributed by atoms with Gasteiger partial charge in [-0.3, -0.25) is 4.79 Å². The van der Waals surface area contributed by atoms with Gasteiger partial charge < -0.3 is 14.4 Å². The van der Waals surface area contributed by atoms with Crippen molar-refractivity contribution in [1.82, 2.24) is 0 Å². The van der Waals surface area contributed by atoms with Gasteiger partial charge in [-0.25, -0.2) is 4.39 Å². The number of hydrogen-bond acceptors (Lipinski definition) is 4. The minimum atomic E-state index is -0.479. The number of carbonyl (C=O) groups is 1. The summed E-state index contributed by atoms with van der Waals surface area (Å²) in [7, 11) is 1.64. The first kappa shape index (κ1) is 18.0. The summed E-state index contributed by atoms with van der Waals surface area (Å²) in [5, 5.41) is 0. The number of morpholine rings is 1. The number of fused-ring (bicyclic) bond motifs is 1. The van der Waals surface area contributed by atoms with E-state index < -0.39 is 6.67 Å². The summed E-state index contributed by atoms with van der Waals surface area (Å²) in [5.74, 6) is 0.797. The summed E-state index contributed by atoms with van der Waals surface area (Å²) >= 11 is 0. The average molecular weight is 369 g/mol. The molecule has 2 aromatic rings. The first-order chi connectivity index (χ1) is 13.2. The van der Waals surface area contributed by atoms with Gasteiger partial charge in [-0.15, -0.1) is 0 Å². The molecule has 0 amide bonds. The monoisotopic (exact) mass is 369 g/mol. The maximum Gasteiger partial charge on any atom is 0.167 e. The Morgan fingerprint density at radius 3 is 2.70 bits per heavy atom. The van der Waals surface area contributed by atoms with Crippen molar-refractivity contribution in [1.29, 1.82) is 0 Å². The molecule has 1 aliphatic heterocycles. The SMILES string of the molecule is COc1cc2c(cc1N1CCOCC1)CC(Cc1cccc(CF)c1)C2=O. The van der Waals surface area contributed by atoms with Crippen molar-refractivity contribution >= 4 is 11.5 Å². The van der Waals surface area contributed by atoms with Gasteiger partial charge in [0.25, 0.3) is 0 Å². The van der Waals surface area contributed by atoms with E-state index in [1.165, 1.54) is 0 Å². The summed E-state index contributed by atoms with van der Waals surface area (Å²) in [5.41, 5.74) is 4.54. The molecule has 0 bridgehead atoms. The fourth-order valence-corrected chi connectivity index (χ4v) is 4.09. The normalized spacial score (nSPS) is 19.3. The summed E-state index contributed by atoms with van der Waals surface area (Å²) in [6.07, 6.45) is 1.35. The van der Waals surface area contributed by atoms with Crippen molar-refractivity contribution in [3.63, 3.8) is 0 Å². The maximum atomic E-state index is 12.9. The lowest BCUT2D eigenvalue weighted by Crippen LogP contribution is -2.36. The number of anilines is 1. The lowest BCUT2D eigenvalue weighted by molar-refractivity contribution is 0.0936. The van der Waals surface area contributed by atoms with Gasteiger partial charge in [-0.05, 0) is 41.7 Å². The first-order valence-electron chi connectivity index (χ1n) is 9.41. The lowest BCUT2D eigenvalue weighted by atomic mass is 9.95. The molecular weight excluding hydrogens is 345 g/mol. The number of carbonyl (C=O) groups excluding carboxylic acids is 1. The van der Waals surface area contributed by atoms with Crippen molar-refractivity contribution < 1.29 is 18.7 Å². The Labute approximate surface area is 158 Å². The number of alkyl halides is 1. The number of Topliss-reactive ketones (excluding diaryl/α,β-unsaturated/α-hetero) is 1. The van der Waals surface area contributed by atoms with Crippen molar-refractivity contribution in [2.24, 2.45) is 5.92 Å². The summed E-state index contributed by atoms with van der Waals surface area (Å²) in [6.45, 7) is 2.57. The second-order valence-corrected chi connectivity index (χ2v) is 7.20. The van der Waals surface area contributed by atoms with E-state index in [9.17, 15) is 9.18 Å². The highest BCUT2D eigenvalue weighted by molar-refractivity contribution is 6.03. The fraction of sp³-hybridized carbons (Fsp3) is 0.409. The highest BCUT2D eigenvalue weighted by atomic mass is 19.1. The van der Waals surface area contributed by atoms with Gasteiger partial charge in [0.15, 0.2) is 5.78 Å². The quantitative estimate of drug-likeness (QED) is 0.807. The van der Waals surface area contributed by atoms with Crippen LogP contribution in [-0.2, 0) is 24.3 Å². The van der Waals surface area contributed by atoms with E-state index in [1.807, 2.05) is 24.3 Å². The van der Waals surface area contributed by atoms with E-state index in [-0.39, 0.29) is 11.7 Å². The third-order valence-corrected chi connectivity index (χ3v) is 5.49. The topological polar surface area (TPSA) is 38.8 Å². The zero-order valence-electron chi connectivity index (χ0n) is 15.5. The molecule has 1 aliphatic carbocycles. The van der Waals surface area contributed by atoms with Crippen LogP contribution in [0.25, 0.3) is 0 Å². The molecule has 0 radical (unpaired) electrons. The number of benzene rings is 2. The van der Waals surface area contributed by atoms with Gasteiger partial charge in [0.05, 0.1) is 26.0 Å². The Balaban J connectivity index is 1.59. The molecule has 4 rings (SSSR count). The molecule has 1 saturated heterocycles. The van der Waals surface area contributed by atoms with Crippen LogP contribution in [0.3, 0.4) is 0 Å². The Morgan fingerprint density at radius 2 is 1.96 bits per heavy atom. The van der Waals surface area contributed by atoms with Crippen molar-refractivity contribution in [3.8, 4) is 5.75 Å². The van der Waals surface area contributed by atoms with Gasteiger partial charge >= 0.3 is 0 Å². The van der Waals surface area contributed by atoms with Crippen LogP contribution in [-0.4, -0.2) is 39.2 Å². The second kappa shape index (κ2) is 7.69. The Kier molecular flexibility index (Phi) is 5.12. The third kappa shape index (κ3) is 3.56. The molecule has 5 heteroatoms. The van der Waals surface area contributed by atoms with E-state index in [0.29, 0.717) is 25.2 Å². The summed E-state index contributed by atoms with van der Waals surface area (Å²) in [6, 6.07) is 11.4. The number of rotatable bonds is 5. The third-order valence-electron chi connectivity index (χ3n) is 5.49. The minimum Gasteiger partial charge on any atom is -0.495 e. The number of methoxy groups -OCH3 is 1. The lowest BCUT2D eigenvalue weighted by Gasteiger charge is -2.30. The molecule has 4 nitrogen and oxygen atoms in total. The first-order valence-corrected chi connectivity index (χ1v) is 9.41. The van der Waals surface area contributed by atoms with Crippen LogP contribution in [0.1, 0.15) is 27.0 Å². The Hall–Kier alpha value is -2.40. The van der Waals surface area contributed by atoms with Crippen LogP contribution in [0.4, 0.5) is 10.1 Å². The predicted octanol–water partition coefficient (Wildman–Crippen LogP) is 3.60. The fourth-order valence-electron chi connectivity index (χ4n) is 4.09. The molecule has 2 aliphatic rings. The molecule has 1 heterocycles. The number of ketones is 1. The van der Waals surface area contributed by atoms with Crippen LogP contribution in [0, 0.1) is 5.92 Å². The zero-order chi connectivity index (χ0) is 18.8. The van der Waals surface area contributed by atoms with Gasteiger partial charge in [-0.2, -0.15) is 0 Å². The highest BCUT2D eigenvalue weighted by Crippen LogP contribution is 2.38. The van der Waals surface area contributed by atoms with Crippen molar-refractivity contribution in [2.45, 2.75) is 19.5 Å². The van der Waals surface area contributed by atoms with Gasteiger partial charge in [0.1, 0.15) is 12.4 Å². The maximum absolute atomic E-state index is 12.9. The summed E-state index contributed by atoms with van der Waals surface area (Å²) < 4.78 is 23.9. The largest absolute Gasteiger partial charge is 0.495 e. The number of nitrogens with zero attached hydrogens (tertiary/aromatic N) is 1. The van der Waals surface area contributed by atoms with Crippen LogP contribution in [0.15, 0.2) is 36.4 Å². The molecule has 1 fully saturated rings. The minimum absolute atomic E-state index is 0.0977. The highest BCUT2D eigenvalue weighted by Gasteiger charge is 2.32. The van der Waals surface area contributed by atoms with Crippen molar-refractivity contribution in [3.05, 3.63) is 58.7 Å². The zero-order valence-corrected chi connectivity index (χ0v) is 15.5. The van der Waals surface area contributed by atoms with Crippen LogP contribution < -0.4 is 9.64 Å². The molecule has 27 heavy (non-hydrogen) atoms. The van der Waals surface area contributed by atoms with Crippen LogP contribution in [0.2, 0.25) is 0 Å². The van der Waals surface area contributed by atoms with Crippen LogP contribution in [0.5, 0.6) is 5.75 Å². The van der Waals surface area contributed by atoms with E-state index in [2.05, 4.69) is 11.0 Å². The summed E-state index contributed by atoms with van der Waals surface area (Å²) in [4.78, 5) is 15.2. The number of ether oxygens (including phenoxy) is 2. The van der Waals surface area contributed by atoms with E-state index in [1.54, 1.807) is 13.2 Å². The molecule has 1 unspecified atom stereocenters. The van der Waals surface area contributed by atoms with Gasteiger partial charge in [-0.1, -0.05) is 24.3 Å². The molecule has 142 valence electrons. The van der Waals surface area contributed by atoms with Gasteiger partial charge in [0, 0.05) is 24.6 Å². The van der Waals surface area contributed by atoms with Crippen LogP contribution >= 0.6 is 0 Å². The molecule has 0 saturated carbocycles. The second-order valence-electron chi connectivity index (χ2n) is 7.20. The van der Waals surface area contributed by atoms with E-state index in [0.717, 1.165) is 47.6 Å². The van der Waals surface area contributed by atoms with Gasteiger partial charge in [0.2, 0.25) is 0 Å². The molecule has 1 atom stereocenters. The Bertz CT molecular complexity index is 845. The number of hydrogen-bond donors (Lipinski definition) is 0. The molecule has 2 aromatic carbocycles.